The van der Waals surface area contributed by atoms with Gasteiger partial charge in [-0.1, -0.05) is 37.6 Å². The van der Waals surface area contributed by atoms with Crippen molar-refractivity contribution >= 4 is 29.2 Å². The van der Waals surface area contributed by atoms with E-state index in [-0.39, 0.29) is 11.9 Å². The highest BCUT2D eigenvalue weighted by molar-refractivity contribution is 6.34. The highest BCUT2D eigenvalue weighted by Gasteiger charge is 2.10. The van der Waals surface area contributed by atoms with Crippen molar-refractivity contribution in [2.45, 2.75) is 19.8 Å². The second-order valence-corrected chi connectivity index (χ2v) is 4.28. The van der Waals surface area contributed by atoms with Crippen molar-refractivity contribution < 1.29 is 0 Å². The predicted octanol–water partition coefficient (Wildman–Crippen LogP) is 2.29. The van der Waals surface area contributed by atoms with Crippen LogP contribution in [0.3, 0.4) is 0 Å². The van der Waals surface area contributed by atoms with E-state index in [0.29, 0.717) is 16.6 Å². The van der Waals surface area contributed by atoms with Gasteiger partial charge in [-0.2, -0.15) is 0 Å². The molecule has 17 heavy (non-hydrogen) atoms. The Morgan fingerprint density at radius 2 is 2.00 bits per heavy atom. The summed E-state index contributed by atoms with van der Waals surface area (Å²) in [5.74, 6) is -0.0712. The van der Waals surface area contributed by atoms with E-state index in [9.17, 15) is 0 Å². The zero-order chi connectivity index (χ0) is 13.0. The minimum Gasteiger partial charge on any atom is -0.370 e. The molecule has 0 spiro atoms. The molecule has 0 bridgehead atoms. The summed E-state index contributed by atoms with van der Waals surface area (Å²) >= 11 is 6.21. The van der Waals surface area contributed by atoms with Crippen molar-refractivity contribution in [2.24, 2.45) is 5.73 Å². The third kappa shape index (κ3) is 3.64. The van der Waals surface area contributed by atoms with Crippen LogP contribution in [0.4, 0.5) is 5.69 Å². The van der Waals surface area contributed by atoms with Crippen molar-refractivity contribution in [3.63, 3.8) is 0 Å². The van der Waals surface area contributed by atoms with E-state index in [0.717, 1.165) is 5.56 Å². The number of nitrogens with one attached hydrogen (secondary N) is 4. The molecule has 0 atom stereocenters. The molecular weight excluding hydrogens is 238 g/mol. The Morgan fingerprint density at radius 3 is 2.53 bits per heavy atom. The number of halogens is 1. The van der Waals surface area contributed by atoms with E-state index in [1.807, 2.05) is 26.0 Å². The lowest BCUT2D eigenvalue weighted by atomic mass is 10.0. The van der Waals surface area contributed by atoms with Gasteiger partial charge in [0.25, 0.3) is 0 Å². The van der Waals surface area contributed by atoms with Gasteiger partial charge in [-0.05, 0) is 17.5 Å². The molecule has 1 rings (SSSR count). The van der Waals surface area contributed by atoms with Crippen LogP contribution in [0.1, 0.15) is 25.3 Å². The van der Waals surface area contributed by atoms with Crippen LogP contribution in [0.2, 0.25) is 5.02 Å². The van der Waals surface area contributed by atoms with Gasteiger partial charge in [0.05, 0.1) is 10.7 Å². The molecule has 92 valence electrons. The number of nitrogens with two attached hydrogens (primary N) is 1. The molecular formula is C11H16ClN5. The van der Waals surface area contributed by atoms with Crippen LogP contribution in [0.15, 0.2) is 18.2 Å². The van der Waals surface area contributed by atoms with Crippen molar-refractivity contribution in [1.29, 1.82) is 10.8 Å². The largest absolute Gasteiger partial charge is 0.370 e. The van der Waals surface area contributed by atoms with Crippen LogP contribution in [-0.2, 0) is 0 Å². The van der Waals surface area contributed by atoms with E-state index < -0.39 is 0 Å². The zero-order valence-corrected chi connectivity index (χ0v) is 10.5. The Morgan fingerprint density at radius 1 is 1.35 bits per heavy atom. The average molecular weight is 254 g/mol. The molecule has 0 unspecified atom stereocenters. The van der Waals surface area contributed by atoms with E-state index in [2.05, 4.69) is 10.6 Å². The smallest absolute Gasteiger partial charge is 0.199 e. The third-order valence-corrected chi connectivity index (χ3v) is 2.59. The predicted molar refractivity (Wildman–Crippen MR) is 71.9 cm³/mol. The molecule has 6 heteroatoms. The Labute approximate surface area is 105 Å². The van der Waals surface area contributed by atoms with Crippen LogP contribution < -0.4 is 16.4 Å². The van der Waals surface area contributed by atoms with Crippen molar-refractivity contribution in [3.05, 3.63) is 28.8 Å². The fraction of sp³-hybridized carbons (Fsp3) is 0.273. The van der Waals surface area contributed by atoms with Crippen LogP contribution >= 0.6 is 11.6 Å². The number of anilines is 1. The quantitative estimate of drug-likeness (QED) is 0.413. The molecule has 1 aromatic carbocycles. The first kappa shape index (κ1) is 13.3. The van der Waals surface area contributed by atoms with Gasteiger partial charge in [-0.15, -0.1) is 0 Å². The number of hydrogen-bond acceptors (Lipinski definition) is 2. The molecule has 0 aliphatic heterocycles. The van der Waals surface area contributed by atoms with Crippen molar-refractivity contribution in [1.82, 2.24) is 5.32 Å². The summed E-state index contributed by atoms with van der Waals surface area (Å²) in [5.41, 5.74) is 6.75. The van der Waals surface area contributed by atoms with Gasteiger partial charge in [-0.25, -0.2) is 0 Å². The molecule has 0 fully saturated rings. The van der Waals surface area contributed by atoms with E-state index in [1.54, 1.807) is 6.07 Å². The minimum atomic E-state index is -0.293. The summed E-state index contributed by atoms with van der Waals surface area (Å²) in [7, 11) is 0. The summed E-state index contributed by atoms with van der Waals surface area (Å²) in [6, 6.07) is 5.58. The van der Waals surface area contributed by atoms with Gasteiger partial charge >= 0.3 is 0 Å². The Bertz CT molecular complexity index is 441. The molecule has 0 aliphatic carbocycles. The number of guanidine groups is 2. The van der Waals surface area contributed by atoms with Crippen LogP contribution in [0.5, 0.6) is 0 Å². The number of benzene rings is 1. The number of hydrogen-bond donors (Lipinski definition) is 5. The molecule has 6 N–H and O–H groups in total. The monoisotopic (exact) mass is 253 g/mol. The maximum Gasteiger partial charge on any atom is 0.199 e. The van der Waals surface area contributed by atoms with E-state index in [1.165, 1.54) is 0 Å². The summed E-state index contributed by atoms with van der Waals surface area (Å²) in [6.45, 7) is 4.09. The van der Waals surface area contributed by atoms with Crippen LogP contribution in [-0.4, -0.2) is 11.9 Å². The first-order valence-electron chi connectivity index (χ1n) is 5.17. The molecule has 0 radical (unpaired) electrons. The lowest BCUT2D eigenvalue weighted by Crippen LogP contribution is -2.39. The van der Waals surface area contributed by atoms with Gasteiger partial charge in [0.1, 0.15) is 0 Å². The van der Waals surface area contributed by atoms with Gasteiger partial charge < -0.3 is 11.1 Å². The first-order chi connectivity index (χ1) is 7.91. The highest BCUT2D eigenvalue weighted by atomic mass is 35.5. The molecule has 0 saturated heterocycles. The normalized spacial score (nSPS) is 10.1. The molecule has 5 nitrogen and oxygen atoms in total. The Kier molecular flexibility index (Phi) is 4.34. The van der Waals surface area contributed by atoms with Gasteiger partial charge in [0.2, 0.25) is 0 Å². The molecule has 0 saturated carbocycles. The maximum atomic E-state index is 7.53. The molecule has 0 heterocycles. The Balaban J connectivity index is 2.88. The SMILES string of the molecule is CC(C)c1cccc(NC(=N)NC(=N)N)c1Cl. The minimum absolute atomic E-state index is 0.0830. The van der Waals surface area contributed by atoms with Gasteiger partial charge in [0, 0.05) is 0 Å². The van der Waals surface area contributed by atoms with Crippen LogP contribution in [0.25, 0.3) is 0 Å². The Hall–Kier alpha value is -1.75. The molecule has 0 aromatic heterocycles. The van der Waals surface area contributed by atoms with E-state index >= 15 is 0 Å². The topological polar surface area (TPSA) is 97.8 Å². The molecule has 0 aliphatic rings. The van der Waals surface area contributed by atoms with Gasteiger partial charge in [0.15, 0.2) is 11.9 Å². The number of rotatable bonds is 2. The zero-order valence-electron chi connectivity index (χ0n) is 9.76. The second kappa shape index (κ2) is 5.54. The fourth-order valence-electron chi connectivity index (χ4n) is 1.39. The molecule has 1 aromatic rings. The summed E-state index contributed by atoms with van der Waals surface area (Å²) in [6.07, 6.45) is 0. The third-order valence-electron chi connectivity index (χ3n) is 2.17. The van der Waals surface area contributed by atoms with Crippen LogP contribution in [0, 0.1) is 10.8 Å². The summed E-state index contributed by atoms with van der Waals surface area (Å²) in [4.78, 5) is 0. The highest BCUT2D eigenvalue weighted by Crippen LogP contribution is 2.30. The van der Waals surface area contributed by atoms with Crippen molar-refractivity contribution in [3.8, 4) is 0 Å². The summed E-state index contributed by atoms with van der Waals surface area (Å²) < 4.78 is 0. The van der Waals surface area contributed by atoms with E-state index in [4.69, 9.17) is 28.2 Å². The average Bonchev–Trinajstić information content (AvgIpc) is 2.19. The lowest BCUT2D eigenvalue weighted by molar-refractivity contribution is 0.867. The lowest BCUT2D eigenvalue weighted by Gasteiger charge is -2.14. The standard InChI is InChI=1S/C11H16ClN5/c1-6(2)7-4-3-5-8(9(7)12)16-11(15)17-10(13)14/h3-6H,1-2H3,(H6,13,14,15,16,17). The second-order valence-electron chi connectivity index (χ2n) is 3.90. The maximum absolute atomic E-state index is 7.53. The first-order valence-corrected chi connectivity index (χ1v) is 5.54. The van der Waals surface area contributed by atoms with Crippen molar-refractivity contribution in [2.75, 3.05) is 5.32 Å². The molecule has 0 amide bonds. The summed E-state index contributed by atoms with van der Waals surface area (Å²) in [5, 5.41) is 20.2. The van der Waals surface area contributed by atoms with Gasteiger partial charge in [-0.3, -0.25) is 16.1 Å². The fourth-order valence-corrected chi connectivity index (χ4v) is 1.78.